The van der Waals surface area contributed by atoms with Gasteiger partial charge in [-0.1, -0.05) is 39.7 Å². The molecule has 1 atom stereocenters. The lowest BCUT2D eigenvalue weighted by Crippen LogP contribution is -2.64. The Hall–Kier alpha value is 0.531. The Kier molecular flexibility index (Phi) is 5.63. The lowest BCUT2D eigenvalue weighted by atomic mass is 10.9. The summed E-state index contributed by atoms with van der Waals surface area (Å²) in [5.41, 5.74) is 0. The molecule has 0 aliphatic carbocycles. The molecule has 0 heterocycles. The second kappa shape index (κ2) is 5.45. The van der Waals surface area contributed by atoms with Crippen LogP contribution in [0.1, 0.15) is 6.92 Å². The first kappa shape index (κ1) is 16.5. The van der Waals surface area contributed by atoms with E-state index in [0.717, 1.165) is 0 Å². The van der Waals surface area contributed by atoms with Crippen LogP contribution in [0.3, 0.4) is 0 Å². The minimum absolute atomic E-state index is 0.437. The van der Waals surface area contributed by atoms with Crippen LogP contribution < -0.4 is 0 Å². The molecule has 0 aromatic carbocycles. The van der Waals surface area contributed by atoms with Crippen LogP contribution in [0.2, 0.25) is 37.9 Å². The predicted molar refractivity (Wildman–Crippen MR) is 77.0 cm³/mol. The fourth-order valence-electron chi connectivity index (χ4n) is 1.87. The van der Waals surface area contributed by atoms with Gasteiger partial charge in [-0.15, -0.1) is 0 Å². The van der Waals surface area contributed by atoms with Crippen LogP contribution in [0.25, 0.3) is 0 Å². The average molecular weight is 281 g/mol. The third-order valence-electron chi connectivity index (χ3n) is 4.40. The first-order valence-corrected chi connectivity index (χ1v) is 15.1. The molecule has 3 nitrogen and oxygen atoms in total. The van der Waals surface area contributed by atoms with Crippen molar-refractivity contribution in [3.05, 3.63) is 0 Å². The molecular formula is C10H28O3Si3. The van der Waals surface area contributed by atoms with Crippen molar-refractivity contribution < 1.29 is 13.3 Å². The van der Waals surface area contributed by atoms with Gasteiger partial charge in [-0.25, -0.2) is 0 Å². The van der Waals surface area contributed by atoms with Gasteiger partial charge in [0, 0.05) is 41.7 Å². The van der Waals surface area contributed by atoms with E-state index in [4.69, 9.17) is 13.3 Å². The summed E-state index contributed by atoms with van der Waals surface area (Å²) in [4.78, 5) is 0. The fraction of sp³-hybridized carbons (Fsp3) is 1.00. The molecule has 98 valence electrons. The Labute approximate surface area is 104 Å². The van der Waals surface area contributed by atoms with E-state index in [2.05, 4.69) is 39.7 Å². The van der Waals surface area contributed by atoms with Crippen molar-refractivity contribution in [3.8, 4) is 0 Å². The molecule has 0 saturated heterocycles. The van der Waals surface area contributed by atoms with E-state index >= 15 is 0 Å². The maximum Gasteiger partial charge on any atom is 0.500 e. The Morgan fingerprint density at radius 2 is 1.06 bits per heavy atom. The zero-order chi connectivity index (χ0) is 13.2. The van der Waals surface area contributed by atoms with E-state index in [1.54, 1.807) is 21.3 Å². The first-order chi connectivity index (χ1) is 7.09. The predicted octanol–water partition coefficient (Wildman–Crippen LogP) is 2.92. The van der Waals surface area contributed by atoms with Crippen LogP contribution in [0, 0.1) is 0 Å². The van der Waals surface area contributed by atoms with Crippen LogP contribution in [-0.2, 0) is 13.3 Å². The summed E-state index contributed by atoms with van der Waals surface area (Å²) < 4.78 is 16.9. The summed E-state index contributed by atoms with van der Waals surface area (Å²) in [6.07, 6.45) is 0. The smallest absolute Gasteiger partial charge is 0.377 e. The summed E-state index contributed by atoms with van der Waals surface area (Å²) >= 11 is 0. The Balaban J connectivity index is 5.23. The normalized spacial score (nSPS) is 16.3. The Morgan fingerprint density at radius 1 is 0.750 bits per heavy atom. The molecule has 1 unspecified atom stereocenters. The fourth-order valence-corrected chi connectivity index (χ4v) is 18.7. The molecule has 0 N–H and O–H groups in total. The van der Waals surface area contributed by atoms with Gasteiger partial charge in [-0.3, -0.25) is 0 Å². The molecular weight excluding hydrogens is 252 g/mol. The van der Waals surface area contributed by atoms with Crippen molar-refractivity contribution in [1.82, 2.24) is 0 Å². The zero-order valence-corrected chi connectivity index (χ0v) is 15.3. The van der Waals surface area contributed by atoms with Crippen molar-refractivity contribution in [2.75, 3.05) is 21.3 Å². The first-order valence-electron chi connectivity index (χ1n) is 5.74. The highest BCUT2D eigenvalue weighted by molar-refractivity contribution is 7.42. The maximum absolute atomic E-state index is 5.63. The zero-order valence-electron chi connectivity index (χ0n) is 12.3. The van der Waals surface area contributed by atoms with Gasteiger partial charge in [-0.2, -0.15) is 0 Å². The molecule has 0 bridgehead atoms. The van der Waals surface area contributed by atoms with Crippen LogP contribution in [-0.4, -0.2) is 45.3 Å². The Morgan fingerprint density at radius 3 is 1.25 bits per heavy atom. The van der Waals surface area contributed by atoms with Crippen molar-refractivity contribution in [2.24, 2.45) is 0 Å². The van der Waals surface area contributed by atoms with Gasteiger partial charge >= 0.3 is 8.80 Å². The molecule has 0 radical (unpaired) electrons. The third-order valence-corrected chi connectivity index (χ3v) is 30.2. The highest BCUT2D eigenvalue weighted by atomic mass is 29.3. The minimum atomic E-state index is -2.47. The summed E-state index contributed by atoms with van der Waals surface area (Å²) in [7, 11) is 0.115. The molecule has 0 rings (SSSR count). The van der Waals surface area contributed by atoms with E-state index in [1.807, 2.05) is 0 Å². The van der Waals surface area contributed by atoms with Gasteiger partial charge in [0.15, 0.2) is 0 Å². The lowest BCUT2D eigenvalue weighted by molar-refractivity contribution is 0.120. The van der Waals surface area contributed by atoms with Gasteiger partial charge in [0.05, 0.1) is 0 Å². The molecule has 0 aliphatic heterocycles. The topological polar surface area (TPSA) is 27.7 Å². The van der Waals surface area contributed by atoms with Crippen molar-refractivity contribution in [2.45, 2.75) is 44.8 Å². The molecule has 0 aromatic rings. The van der Waals surface area contributed by atoms with Crippen molar-refractivity contribution in [3.63, 3.8) is 0 Å². The molecule has 0 fully saturated rings. The quantitative estimate of drug-likeness (QED) is 0.700. The highest BCUT2D eigenvalue weighted by Crippen LogP contribution is 2.38. The van der Waals surface area contributed by atoms with Crippen molar-refractivity contribution in [1.29, 1.82) is 0 Å². The lowest BCUT2D eigenvalue weighted by Gasteiger charge is -2.45. The molecule has 0 saturated carbocycles. The average Bonchev–Trinajstić information content (AvgIpc) is 2.19. The van der Waals surface area contributed by atoms with Crippen LogP contribution in [0.15, 0.2) is 0 Å². The van der Waals surface area contributed by atoms with Crippen LogP contribution in [0.4, 0.5) is 0 Å². The van der Waals surface area contributed by atoms with Gasteiger partial charge in [0.1, 0.15) is 0 Å². The van der Waals surface area contributed by atoms with Gasteiger partial charge < -0.3 is 13.3 Å². The molecule has 16 heavy (non-hydrogen) atoms. The van der Waals surface area contributed by atoms with Crippen LogP contribution in [0.5, 0.6) is 0 Å². The monoisotopic (exact) mass is 280 g/mol. The molecule has 6 heteroatoms. The molecule has 0 amide bonds. The second-order valence-corrected chi connectivity index (χ2v) is 27.0. The molecule has 0 spiro atoms. The highest BCUT2D eigenvalue weighted by Gasteiger charge is 2.56. The number of hydrogen-bond donors (Lipinski definition) is 0. The van der Waals surface area contributed by atoms with Gasteiger partial charge in [0.2, 0.25) is 0 Å². The standard InChI is InChI=1S/C10H28O3Si3/c1-10(15(8,9)14(5,6)7)16(11-2,12-3)13-4/h10H,1-9H3. The van der Waals surface area contributed by atoms with E-state index in [1.165, 1.54) is 0 Å². The third kappa shape index (κ3) is 2.85. The van der Waals surface area contributed by atoms with E-state index in [9.17, 15) is 0 Å². The van der Waals surface area contributed by atoms with Crippen LogP contribution >= 0.6 is 0 Å². The number of hydrogen-bond acceptors (Lipinski definition) is 3. The summed E-state index contributed by atoms with van der Waals surface area (Å²) in [6, 6.07) is 0. The largest absolute Gasteiger partial charge is 0.500 e. The molecule has 0 aromatic heterocycles. The second-order valence-electron chi connectivity index (χ2n) is 5.91. The summed E-state index contributed by atoms with van der Waals surface area (Å²) in [5, 5.41) is 0.437. The molecule has 0 aliphatic rings. The summed E-state index contributed by atoms with van der Waals surface area (Å²) in [6.45, 7) is 14.5. The Bertz CT molecular complexity index is 212. The minimum Gasteiger partial charge on any atom is -0.377 e. The van der Waals surface area contributed by atoms with E-state index < -0.39 is 24.0 Å². The van der Waals surface area contributed by atoms with Gasteiger partial charge in [-0.05, 0) is 0 Å². The van der Waals surface area contributed by atoms with Gasteiger partial charge in [0.25, 0.3) is 0 Å². The van der Waals surface area contributed by atoms with E-state index in [0.29, 0.717) is 5.16 Å². The SMILES string of the molecule is CO[Si](OC)(OC)C(C)[Si](C)(C)[Si](C)(C)C. The maximum atomic E-state index is 5.63. The van der Waals surface area contributed by atoms with Crippen molar-refractivity contribution >= 4 is 24.0 Å². The van der Waals surface area contributed by atoms with E-state index in [-0.39, 0.29) is 0 Å². The number of rotatable bonds is 6. The summed E-state index contributed by atoms with van der Waals surface area (Å²) in [5.74, 6) is 0.